The highest BCUT2D eigenvalue weighted by Crippen LogP contribution is 2.34. The summed E-state index contributed by atoms with van der Waals surface area (Å²) in [5.41, 5.74) is 1.29. The summed E-state index contributed by atoms with van der Waals surface area (Å²) in [7, 11) is 3.02. The Morgan fingerprint density at radius 1 is 1.29 bits per heavy atom. The van der Waals surface area contributed by atoms with Crippen LogP contribution in [0.15, 0.2) is 35.9 Å². The molecule has 0 radical (unpaired) electrons. The van der Waals surface area contributed by atoms with Gasteiger partial charge in [-0.25, -0.2) is 0 Å². The third-order valence-electron chi connectivity index (χ3n) is 3.80. The molecule has 0 aliphatic carbocycles. The van der Waals surface area contributed by atoms with Crippen molar-refractivity contribution in [1.82, 2.24) is 0 Å². The SMILES string of the molecule is COc1cc(/C=C(\C#N)C(=O)Nc2ccc([N+](=O)[O-])cc2C)cc(I)c1OC. The second-order valence-electron chi connectivity index (χ2n) is 5.62. The molecule has 0 aromatic heterocycles. The van der Waals surface area contributed by atoms with Gasteiger partial charge >= 0.3 is 0 Å². The maximum absolute atomic E-state index is 12.5. The van der Waals surface area contributed by atoms with Gasteiger partial charge in [-0.05, 0) is 64.9 Å². The average Bonchev–Trinajstić information content (AvgIpc) is 2.66. The highest BCUT2D eigenvalue weighted by molar-refractivity contribution is 14.1. The quantitative estimate of drug-likeness (QED) is 0.213. The molecule has 2 aromatic carbocycles. The van der Waals surface area contributed by atoms with Crippen LogP contribution < -0.4 is 14.8 Å². The third-order valence-corrected chi connectivity index (χ3v) is 4.60. The van der Waals surface area contributed by atoms with Crippen molar-refractivity contribution in [3.63, 3.8) is 0 Å². The van der Waals surface area contributed by atoms with Gasteiger partial charge < -0.3 is 14.8 Å². The normalized spacial score (nSPS) is 10.8. The van der Waals surface area contributed by atoms with Crippen molar-refractivity contribution in [2.75, 3.05) is 19.5 Å². The molecule has 8 nitrogen and oxygen atoms in total. The molecule has 0 atom stereocenters. The zero-order chi connectivity index (χ0) is 20.8. The predicted octanol–water partition coefficient (Wildman–Crippen LogP) is 4.07. The molecule has 0 saturated carbocycles. The second kappa shape index (κ2) is 9.18. The van der Waals surface area contributed by atoms with E-state index in [1.165, 1.54) is 38.5 Å². The van der Waals surface area contributed by atoms with E-state index < -0.39 is 10.8 Å². The van der Waals surface area contributed by atoms with Crippen LogP contribution in [-0.4, -0.2) is 25.1 Å². The predicted molar refractivity (Wildman–Crippen MR) is 112 cm³/mol. The monoisotopic (exact) mass is 493 g/mol. The van der Waals surface area contributed by atoms with Crippen LogP contribution in [0.3, 0.4) is 0 Å². The lowest BCUT2D eigenvalue weighted by Crippen LogP contribution is -2.14. The lowest BCUT2D eigenvalue weighted by molar-refractivity contribution is -0.384. The second-order valence-corrected chi connectivity index (χ2v) is 6.78. The first-order chi connectivity index (χ1) is 13.3. The van der Waals surface area contributed by atoms with Crippen LogP contribution in [0, 0.1) is 31.9 Å². The summed E-state index contributed by atoms with van der Waals surface area (Å²) in [5.74, 6) is 0.415. The van der Waals surface area contributed by atoms with Crippen molar-refractivity contribution < 1.29 is 19.2 Å². The van der Waals surface area contributed by atoms with Gasteiger partial charge in [-0.15, -0.1) is 0 Å². The van der Waals surface area contributed by atoms with Crippen LogP contribution >= 0.6 is 22.6 Å². The fraction of sp³-hybridized carbons (Fsp3) is 0.158. The van der Waals surface area contributed by atoms with E-state index in [-0.39, 0.29) is 11.3 Å². The summed E-state index contributed by atoms with van der Waals surface area (Å²) in [6.07, 6.45) is 1.43. The van der Waals surface area contributed by atoms with E-state index in [4.69, 9.17) is 9.47 Å². The number of benzene rings is 2. The molecule has 0 saturated heterocycles. The van der Waals surface area contributed by atoms with E-state index >= 15 is 0 Å². The number of nitrogens with zero attached hydrogens (tertiary/aromatic N) is 2. The molecule has 0 heterocycles. The smallest absolute Gasteiger partial charge is 0.269 e. The van der Waals surface area contributed by atoms with Crippen LogP contribution in [-0.2, 0) is 4.79 Å². The molecule has 0 fully saturated rings. The number of nitro groups is 1. The van der Waals surface area contributed by atoms with Crippen molar-refractivity contribution in [1.29, 1.82) is 5.26 Å². The Hall–Kier alpha value is -3.13. The van der Waals surface area contributed by atoms with Gasteiger partial charge in [0.2, 0.25) is 0 Å². The number of carbonyl (C=O) groups is 1. The van der Waals surface area contributed by atoms with Gasteiger partial charge in [0.25, 0.3) is 11.6 Å². The van der Waals surface area contributed by atoms with E-state index in [1.807, 2.05) is 6.07 Å². The molecule has 1 amide bonds. The summed E-state index contributed by atoms with van der Waals surface area (Å²) in [4.78, 5) is 22.8. The van der Waals surface area contributed by atoms with Gasteiger partial charge in [-0.2, -0.15) is 5.26 Å². The molecule has 28 heavy (non-hydrogen) atoms. The Morgan fingerprint density at radius 2 is 2.00 bits per heavy atom. The molecule has 0 spiro atoms. The molecule has 0 aliphatic heterocycles. The number of carbonyl (C=O) groups excluding carboxylic acids is 1. The van der Waals surface area contributed by atoms with Crippen molar-refractivity contribution >= 4 is 45.9 Å². The first-order valence-corrected chi connectivity index (χ1v) is 8.98. The molecule has 1 N–H and O–H groups in total. The number of nitro benzene ring substituents is 1. The number of non-ortho nitro benzene ring substituents is 1. The van der Waals surface area contributed by atoms with Gasteiger partial charge in [0, 0.05) is 17.8 Å². The fourth-order valence-corrected chi connectivity index (χ4v) is 3.27. The Balaban J connectivity index is 2.33. The Kier molecular flexibility index (Phi) is 6.94. The van der Waals surface area contributed by atoms with Crippen molar-refractivity contribution in [3.8, 4) is 17.6 Å². The third kappa shape index (κ3) is 4.77. The minimum absolute atomic E-state index is 0.0774. The van der Waals surface area contributed by atoms with E-state index in [0.29, 0.717) is 28.3 Å². The number of ether oxygens (including phenoxy) is 2. The van der Waals surface area contributed by atoms with Gasteiger partial charge in [-0.3, -0.25) is 14.9 Å². The van der Waals surface area contributed by atoms with Crippen LogP contribution in [0.5, 0.6) is 11.5 Å². The number of aryl methyl sites for hydroxylation is 1. The lowest BCUT2D eigenvalue weighted by atomic mass is 10.1. The Labute approximate surface area is 175 Å². The first-order valence-electron chi connectivity index (χ1n) is 7.90. The van der Waals surface area contributed by atoms with Crippen LogP contribution in [0.2, 0.25) is 0 Å². The van der Waals surface area contributed by atoms with Crippen LogP contribution in [0.4, 0.5) is 11.4 Å². The summed E-state index contributed by atoms with van der Waals surface area (Å²) in [6, 6.07) is 9.35. The van der Waals surface area contributed by atoms with E-state index in [2.05, 4.69) is 27.9 Å². The molecule has 0 aliphatic rings. The molecule has 2 rings (SSSR count). The van der Waals surface area contributed by atoms with Crippen molar-refractivity contribution in [3.05, 3.63) is 60.7 Å². The fourth-order valence-electron chi connectivity index (χ4n) is 2.43. The number of methoxy groups -OCH3 is 2. The van der Waals surface area contributed by atoms with E-state index in [1.54, 1.807) is 19.1 Å². The number of nitriles is 1. The molecule has 2 aromatic rings. The molecular weight excluding hydrogens is 477 g/mol. The topological polar surface area (TPSA) is 114 Å². The van der Waals surface area contributed by atoms with Crippen molar-refractivity contribution in [2.24, 2.45) is 0 Å². The number of anilines is 1. The number of hydrogen-bond donors (Lipinski definition) is 1. The summed E-state index contributed by atoms with van der Waals surface area (Å²) in [6.45, 7) is 1.63. The van der Waals surface area contributed by atoms with Gasteiger partial charge in [0.15, 0.2) is 11.5 Å². The lowest BCUT2D eigenvalue weighted by Gasteiger charge is -2.11. The zero-order valence-electron chi connectivity index (χ0n) is 15.3. The maximum Gasteiger partial charge on any atom is 0.269 e. The highest BCUT2D eigenvalue weighted by atomic mass is 127. The zero-order valence-corrected chi connectivity index (χ0v) is 17.4. The van der Waals surface area contributed by atoms with Gasteiger partial charge in [0.1, 0.15) is 11.6 Å². The largest absolute Gasteiger partial charge is 0.493 e. The highest BCUT2D eigenvalue weighted by Gasteiger charge is 2.15. The summed E-state index contributed by atoms with van der Waals surface area (Å²) >= 11 is 2.07. The van der Waals surface area contributed by atoms with Crippen molar-refractivity contribution in [2.45, 2.75) is 6.92 Å². The van der Waals surface area contributed by atoms with E-state index in [0.717, 1.165) is 3.57 Å². The minimum atomic E-state index is -0.621. The average molecular weight is 493 g/mol. The number of rotatable bonds is 6. The Bertz CT molecular complexity index is 1010. The number of halogens is 1. The number of hydrogen-bond acceptors (Lipinski definition) is 6. The van der Waals surface area contributed by atoms with E-state index in [9.17, 15) is 20.2 Å². The molecule has 0 bridgehead atoms. The standard InChI is InChI=1S/C19H16IN3O5/c1-11-6-14(23(25)26)4-5-16(11)22-19(24)13(10-21)7-12-8-15(20)18(28-3)17(9-12)27-2/h4-9H,1-3H3,(H,22,24)/b13-7+. The van der Waals surface area contributed by atoms with Crippen LogP contribution in [0.25, 0.3) is 6.08 Å². The maximum atomic E-state index is 12.5. The van der Waals surface area contributed by atoms with Gasteiger partial charge in [-0.1, -0.05) is 0 Å². The Morgan fingerprint density at radius 3 is 2.54 bits per heavy atom. The number of nitrogens with one attached hydrogen (secondary N) is 1. The van der Waals surface area contributed by atoms with Crippen LogP contribution in [0.1, 0.15) is 11.1 Å². The summed E-state index contributed by atoms with van der Waals surface area (Å²) < 4.78 is 11.3. The number of amides is 1. The molecular formula is C19H16IN3O5. The summed E-state index contributed by atoms with van der Waals surface area (Å²) in [5, 5.41) is 22.8. The van der Waals surface area contributed by atoms with Gasteiger partial charge in [0.05, 0.1) is 22.7 Å². The molecule has 9 heteroatoms. The first kappa shape index (κ1) is 21.2. The molecule has 144 valence electrons. The molecule has 0 unspecified atom stereocenters. The minimum Gasteiger partial charge on any atom is -0.493 e.